The number of nitrogens with one attached hydrogen (secondary N) is 2. The van der Waals surface area contributed by atoms with E-state index in [4.69, 9.17) is 0 Å². The fourth-order valence-electron chi connectivity index (χ4n) is 2.41. The second-order valence-corrected chi connectivity index (χ2v) is 5.03. The van der Waals surface area contributed by atoms with Crippen molar-refractivity contribution in [1.82, 2.24) is 5.32 Å². The molecule has 0 aromatic heterocycles. The Balaban J connectivity index is 1.89. The number of carbonyl (C=O) groups is 4. The van der Waals surface area contributed by atoms with Gasteiger partial charge in [0, 0.05) is 5.69 Å². The van der Waals surface area contributed by atoms with E-state index in [-0.39, 0.29) is 22.3 Å². The molecule has 1 heterocycles. The van der Waals surface area contributed by atoms with Gasteiger partial charge in [0.05, 0.1) is 29.4 Å². The van der Waals surface area contributed by atoms with Crippen LogP contribution in [0.2, 0.25) is 0 Å². The number of benzene rings is 2. The first kappa shape index (κ1) is 15.4. The number of fused-ring (bicyclic) bond motifs is 1. The summed E-state index contributed by atoms with van der Waals surface area (Å²) in [5.74, 6) is -2.13. The van der Waals surface area contributed by atoms with Gasteiger partial charge in [0.1, 0.15) is 0 Å². The van der Waals surface area contributed by atoms with Crippen molar-refractivity contribution in [3.63, 3.8) is 0 Å². The molecule has 0 bridgehead atoms. The summed E-state index contributed by atoms with van der Waals surface area (Å²) in [5, 5.41) is 4.78. The minimum Gasteiger partial charge on any atom is -0.465 e. The van der Waals surface area contributed by atoms with Gasteiger partial charge in [-0.15, -0.1) is 0 Å². The van der Waals surface area contributed by atoms with Crippen LogP contribution in [-0.2, 0) is 4.74 Å². The quantitative estimate of drug-likeness (QED) is 0.660. The van der Waals surface area contributed by atoms with E-state index in [0.717, 1.165) is 0 Å². The molecule has 0 spiro atoms. The lowest BCUT2D eigenvalue weighted by Crippen LogP contribution is -2.20. The molecule has 0 unspecified atom stereocenters. The summed E-state index contributed by atoms with van der Waals surface area (Å²) in [6.07, 6.45) is 0. The molecule has 0 aliphatic carbocycles. The Hall–Kier alpha value is -3.48. The monoisotopic (exact) mass is 324 g/mol. The van der Waals surface area contributed by atoms with Crippen LogP contribution in [0.4, 0.5) is 5.69 Å². The van der Waals surface area contributed by atoms with Crippen molar-refractivity contribution >= 4 is 29.4 Å². The highest BCUT2D eigenvalue weighted by Crippen LogP contribution is 2.21. The number of esters is 1. The van der Waals surface area contributed by atoms with E-state index < -0.39 is 23.7 Å². The molecule has 7 heteroatoms. The SMILES string of the molecule is COC(=O)c1ccccc1C(=O)Nc1ccc2c(c1)C(=O)NC2=O. The van der Waals surface area contributed by atoms with Crippen LogP contribution in [0.1, 0.15) is 41.4 Å². The van der Waals surface area contributed by atoms with Gasteiger partial charge in [0.15, 0.2) is 0 Å². The summed E-state index contributed by atoms with van der Waals surface area (Å²) in [5.41, 5.74) is 1.06. The first-order chi connectivity index (χ1) is 11.5. The Labute approximate surface area is 136 Å². The third-order valence-corrected chi connectivity index (χ3v) is 3.57. The molecule has 2 aromatic rings. The molecule has 3 rings (SSSR count). The summed E-state index contributed by atoms with van der Waals surface area (Å²) in [4.78, 5) is 47.3. The van der Waals surface area contributed by atoms with Gasteiger partial charge < -0.3 is 10.1 Å². The second kappa shape index (κ2) is 5.96. The summed E-state index contributed by atoms with van der Waals surface area (Å²) in [6, 6.07) is 10.6. The van der Waals surface area contributed by atoms with Crippen LogP contribution in [0, 0.1) is 0 Å². The van der Waals surface area contributed by atoms with Gasteiger partial charge in [0.2, 0.25) is 0 Å². The van der Waals surface area contributed by atoms with Gasteiger partial charge in [-0.05, 0) is 30.3 Å². The zero-order chi connectivity index (χ0) is 17.3. The average molecular weight is 324 g/mol. The summed E-state index contributed by atoms with van der Waals surface area (Å²) in [6.45, 7) is 0. The van der Waals surface area contributed by atoms with Gasteiger partial charge in [-0.2, -0.15) is 0 Å². The van der Waals surface area contributed by atoms with Gasteiger partial charge >= 0.3 is 5.97 Å². The lowest BCUT2D eigenvalue weighted by Gasteiger charge is -2.09. The van der Waals surface area contributed by atoms with Crippen LogP contribution < -0.4 is 10.6 Å². The first-order valence-electron chi connectivity index (χ1n) is 6.99. The van der Waals surface area contributed by atoms with E-state index >= 15 is 0 Å². The molecule has 0 radical (unpaired) electrons. The van der Waals surface area contributed by atoms with E-state index in [1.807, 2.05) is 0 Å². The third-order valence-electron chi connectivity index (χ3n) is 3.57. The Kier molecular flexibility index (Phi) is 3.83. The topological polar surface area (TPSA) is 102 Å². The van der Waals surface area contributed by atoms with Crippen molar-refractivity contribution in [1.29, 1.82) is 0 Å². The number of amides is 3. The highest BCUT2D eigenvalue weighted by molar-refractivity contribution is 6.22. The first-order valence-corrected chi connectivity index (χ1v) is 6.99. The number of hydrogen-bond acceptors (Lipinski definition) is 5. The minimum absolute atomic E-state index is 0.131. The van der Waals surface area contributed by atoms with Crippen LogP contribution in [0.5, 0.6) is 0 Å². The van der Waals surface area contributed by atoms with Crippen LogP contribution in [-0.4, -0.2) is 30.8 Å². The lowest BCUT2D eigenvalue weighted by molar-refractivity contribution is 0.0597. The van der Waals surface area contributed by atoms with E-state index in [1.165, 1.54) is 37.4 Å². The zero-order valence-electron chi connectivity index (χ0n) is 12.6. The molecule has 0 fully saturated rings. The fourth-order valence-corrected chi connectivity index (χ4v) is 2.41. The fraction of sp³-hybridized carbons (Fsp3) is 0.0588. The van der Waals surface area contributed by atoms with Crippen LogP contribution in [0.15, 0.2) is 42.5 Å². The molecular weight excluding hydrogens is 312 g/mol. The number of ether oxygens (including phenoxy) is 1. The van der Waals surface area contributed by atoms with E-state index in [0.29, 0.717) is 5.69 Å². The molecule has 120 valence electrons. The van der Waals surface area contributed by atoms with E-state index in [9.17, 15) is 19.2 Å². The third kappa shape index (κ3) is 2.63. The smallest absolute Gasteiger partial charge is 0.338 e. The average Bonchev–Trinajstić information content (AvgIpc) is 2.88. The molecule has 0 saturated heterocycles. The van der Waals surface area contributed by atoms with E-state index in [2.05, 4.69) is 15.4 Å². The molecular formula is C17H12N2O5. The van der Waals surface area contributed by atoms with Gasteiger partial charge in [0.25, 0.3) is 17.7 Å². The molecule has 2 N–H and O–H groups in total. The van der Waals surface area contributed by atoms with Crippen molar-refractivity contribution in [3.8, 4) is 0 Å². The van der Waals surface area contributed by atoms with Crippen LogP contribution in [0.3, 0.4) is 0 Å². The van der Waals surface area contributed by atoms with Crippen molar-refractivity contribution in [2.24, 2.45) is 0 Å². The molecule has 24 heavy (non-hydrogen) atoms. The van der Waals surface area contributed by atoms with Crippen LogP contribution in [0.25, 0.3) is 0 Å². The Morgan fingerprint density at radius 2 is 1.62 bits per heavy atom. The molecule has 1 aliphatic rings. The van der Waals surface area contributed by atoms with Crippen molar-refractivity contribution in [2.75, 3.05) is 12.4 Å². The van der Waals surface area contributed by atoms with Gasteiger partial charge in [-0.25, -0.2) is 4.79 Å². The Bertz CT molecular complexity index is 888. The highest BCUT2D eigenvalue weighted by Gasteiger charge is 2.27. The Morgan fingerprint density at radius 1 is 0.958 bits per heavy atom. The van der Waals surface area contributed by atoms with Crippen molar-refractivity contribution < 1.29 is 23.9 Å². The molecule has 2 aromatic carbocycles. The highest BCUT2D eigenvalue weighted by atomic mass is 16.5. The maximum absolute atomic E-state index is 12.4. The largest absolute Gasteiger partial charge is 0.465 e. The normalized spacial score (nSPS) is 12.4. The zero-order valence-corrected chi connectivity index (χ0v) is 12.6. The van der Waals surface area contributed by atoms with Gasteiger partial charge in [-0.3, -0.25) is 19.7 Å². The number of imide groups is 1. The van der Waals surface area contributed by atoms with Crippen LogP contribution >= 0.6 is 0 Å². The predicted molar refractivity (Wildman–Crippen MR) is 84.0 cm³/mol. The number of hydrogen-bond donors (Lipinski definition) is 2. The number of carbonyl (C=O) groups excluding carboxylic acids is 4. The summed E-state index contributed by atoms with van der Waals surface area (Å²) < 4.78 is 4.65. The van der Waals surface area contributed by atoms with Crippen molar-refractivity contribution in [2.45, 2.75) is 0 Å². The molecule has 0 saturated carbocycles. The number of rotatable bonds is 3. The maximum atomic E-state index is 12.4. The number of anilines is 1. The lowest BCUT2D eigenvalue weighted by atomic mass is 10.1. The second-order valence-electron chi connectivity index (χ2n) is 5.03. The number of methoxy groups -OCH3 is 1. The summed E-state index contributed by atoms with van der Waals surface area (Å²) in [7, 11) is 1.23. The summed E-state index contributed by atoms with van der Waals surface area (Å²) >= 11 is 0. The molecule has 0 atom stereocenters. The maximum Gasteiger partial charge on any atom is 0.338 e. The van der Waals surface area contributed by atoms with Gasteiger partial charge in [-0.1, -0.05) is 12.1 Å². The van der Waals surface area contributed by atoms with E-state index in [1.54, 1.807) is 12.1 Å². The Morgan fingerprint density at radius 3 is 2.33 bits per heavy atom. The standard InChI is InChI=1S/C17H12N2O5/c1-24-17(23)12-5-3-2-4-10(12)14(20)18-9-6-7-11-13(8-9)16(22)19-15(11)21/h2-8H,1H3,(H,18,20)(H,19,21,22). The van der Waals surface area contributed by atoms with Crippen molar-refractivity contribution in [3.05, 3.63) is 64.7 Å². The predicted octanol–water partition coefficient (Wildman–Crippen LogP) is 1.61. The molecule has 3 amide bonds. The molecule has 1 aliphatic heterocycles. The molecule has 7 nitrogen and oxygen atoms in total. The minimum atomic E-state index is -0.625.